The summed E-state index contributed by atoms with van der Waals surface area (Å²) in [7, 11) is -2.01. The largest absolute Gasteiger partial charge is 0.294 e. The first kappa shape index (κ1) is 11.8. The predicted octanol–water partition coefficient (Wildman–Crippen LogP) is 1.58. The second kappa shape index (κ2) is 4.05. The Balaban J connectivity index is 2.50. The van der Waals surface area contributed by atoms with Gasteiger partial charge in [0.25, 0.3) is 0 Å². The normalized spacial score (nSPS) is 27.2. The molecule has 0 aromatic carbocycles. The average Bonchev–Trinajstić information content (AvgIpc) is 1.75. The molecule has 0 heterocycles. The Morgan fingerprint density at radius 1 is 1.36 bits per heavy atom. The molecule has 0 N–H and O–H groups in total. The zero-order chi connectivity index (χ0) is 10.9. The van der Waals surface area contributed by atoms with E-state index in [1.54, 1.807) is 12.5 Å². The van der Waals surface area contributed by atoms with Crippen molar-refractivity contribution < 1.29 is 9.00 Å². The smallest absolute Gasteiger partial charge is 0.166 e. The Bertz CT molecular complexity index is 321. The molecule has 1 fully saturated rings. The molecular weight excluding hydrogens is 196 g/mol. The third-order valence-corrected chi connectivity index (χ3v) is 3.72. The van der Waals surface area contributed by atoms with E-state index in [2.05, 4.69) is 13.8 Å². The van der Waals surface area contributed by atoms with Crippen LogP contribution in [-0.4, -0.2) is 27.9 Å². The van der Waals surface area contributed by atoms with E-state index < -0.39 is 9.52 Å². The lowest BCUT2D eigenvalue weighted by molar-refractivity contribution is -0.120. The van der Waals surface area contributed by atoms with E-state index in [9.17, 15) is 9.00 Å². The van der Waals surface area contributed by atoms with Crippen LogP contribution < -0.4 is 0 Å². The van der Waals surface area contributed by atoms with E-state index in [1.165, 1.54) is 5.37 Å². The van der Waals surface area contributed by atoms with Crippen molar-refractivity contribution in [1.82, 2.24) is 0 Å². The minimum Gasteiger partial charge on any atom is -0.294 e. The third kappa shape index (κ3) is 3.12. The summed E-state index contributed by atoms with van der Waals surface area (Å²) in [5.74, 6) is 1.62. The molecule has 0 aliphatic heterocycles. The van der Waals surface area contributed by atoms with E-state index in [0.29, 0.717) is 11.8 Å². The van der Waals surface area contributed by atoms with Gasteiger partial charge in [-0.2, -0.15) is 0 Å². The highest BCUT2D eigenvalue weighted by atomic mass is 32.2. The van der Waals surface area contributed by atoms with Gasteiger partial charge in [0.1, 0.15) is 0 Å². The highest BCUT2D eigenvalue weighted by Crippen LogP contribution is 2.38. The van der Waals surface area contributed by atoms with Gasteiger partial charge < -0.3 is 0 Å². The molecule has 0 unspecified atom stereocenters. The lowest BCUT2D eigenvalue weighted by Gasteiger charge is -2.36. The molecule has 0 atom stereocenters. The number of carbonyl (C=O) groups is 1. The molecule has 0 aromatic heterocycles. The van der Waals surface area contributed by atoms with Crippen LogP contribution in [-0.2, 0) is 14.3 Å². The zero-order valence-corrected chi connectivity index (χ0v) is 10.3. The van der Waals surface area contributed by atoms with Crippen LogP contribution in [0.5, 0.6) is 0 Å². The second-order valence-corrected chi connectivity index (χ2v) is 7.86. The molecule has 0 amide bonds. The fraction of sp³-hybridized carbons (Fsp3) is 0.818. The van der Waals surface area contributed by atoms with Crippen molar-refractivity contribution in [1.29, 1.82) is 0 Å². The molecule has 3 heteroatoms. The number of ketones is 1. The molecule has 0 spiro atoms. The summed E-state index contributed by atoms with van der Waals surface area (Å²) in [5, 5.41) is 1.42. The molecule has 82 valence electrons. The lowest BCUT2D eigenvalue weighted by atomic mass is 9.68. The van der Waals surface area contributed by atoms with E-state index in [4.69, 9.17) is 0 Å². The summed E-state index contributed by atoms with van der Waals surface area (Å²) in [6, 6.07) is 0. The molecule has 1 saturated carbocycles. The maximum absolute atomic E-state index is 11.6. The highest BCUT2D eigenvalue weighted by Gasteiger charge is 2.34. The van der Waals surface area contributed by atoms with Crippen LogP contribution in [0, 0.1) is 17.8 Å². The number of carbonyl (C=O) groups excluding carboxylic acids is 1. The van der Waals surface area contributed by atoms with Crippen molar-refractivity contribution in [3.8, 4) is 0 Å². The van der Waals surface area contributed by atoms with Gasteiger partial charge in [0, 0.05) is 23.8 Å². The van der Waals surface area contributed by atoms with Gasteiger partial charge in [-0.3, -0.25) is 9.00 Å². The van der Waals surface area contributed by atoms with E-state index in [0.717, 1.165) is 12.8 Å². The summed E-state index contributed by atoms with van der Waals surface area (Å²) in [5.41, 5.74) is 0. The standard InChI is InChI=1S/C11H20O2S/c1-8(2)9-5-10(6-9)11(12)7-14(3,4)13/h7-10H,5-6H2,1-4H3. The lowest BCUT2D eigenvalue weighted by Crippen LogP contribution is -2.34. The van der Waals surface area contributed by atoms with Crippen molar-refractivity contribution in [3.63, 3.8) is 0 Å². The molecule has 2 nitrogen and oxygen atoms in total. The van der Waals surface area contributed by atoms with Gasteiger partial charge in [0.2, 0.25) is 0 Å². The Hall–Kier alpha value is -0.310. The van der Waals surface area contributed by atoms with Crippen molar-refractivity contribution in [2.24, 2.45) is 17.8 Å². The minimum atomic E-state index is -2.01. The maximum Gasteiger partial charge on any atom is 0.166 e. The summed E-state index contributed by atoms with van der Waals surface area (Å²) < 4.78 is 11.4. The number of hydrogen-bond donors (Lipinski definition) is 0. The topological polar surface area (TPSA) is 34.1 Å². The van der Waals surface area contributed by atoms with E-state index >= 15 is 0 Å². The van der Waals surface area contributed by atoms with E-state index in [-0.39, 0.29) is 11.7 Å². The van der Waals surface area contributed by atoms with Gasteiger partial charge in [0.15, 0.2) is 5.78 Å². The number of Topliss-reactive ketones (excluding diaryl/α,β-unsaturated/α-hetero) is 1. The first-order valence-corrected chi connectivity index (χ1v) is 7.56. The fourth-order valence-corrected chi connectivity index (χ4v) is 2.57. The van der Waals surface area contributed by atoms with Crippen LogP contribution in [0.4, 0.5) is 0 Å². The van der Waals surface area contributed by atoms with Crippen molar-refractivity contribution in [2.75, 3.05) is 12.5 Å². The molecule has 0 aromatic rings. The molecular formula is C11H20O2S. The monoisotopic (exact) mass is 216 g/mol. The molecule has 1 aliphatic rings. The van der Waals surface area contributed by atoms with Gasteiger partial charge in [-0.25, -0.2) is 0 Å². The minimum absolute atomic E-state index is 0.0944. The van der Waals surface area contributed by atoms with Gasteiger partial charge in [-0.1, -0.05) is 13.8 Å². The Kier molecular flexibility index (Phi) is 3.40. The second-order valence-electron chi connectivity index (χ2n) is 5.00. The van der Waals surface area contributed by atoms with Crippen LogP contribution in [0.25, 0.3) is 0 Å². The zero-order valence-electron chi connectivity index (χ0n) is 9.45. The van der Waals surface area contributed by atoms with Gasteiger partial charge in [0.05, 0.1) is 0 Å². The Labute approximate surface area is 87.1 Å². The van der Waals surface area contributed by atoms with Gasteiger partial charge in [-0.15, -0.1) is 0 Å². The Morgan fingerprint density at radius 3 is 2.21 bits per heavy atom. The molecule has 1 rings (SSSR count). The Morgan fingerprint density at radius 2 is 1.86 bits per heavy atom. The summed E-state index contributed by atoms with van der Waals surface area (Å²) >= 11 is 0. The summed E-state index contributed by atoms with van der Waals surface area (Å²) in [4.78, 5) is 11.6. The van der Waals surface area contributed by atoms with Crippen LogP contribution >= 0.6 is 0 Å². The first-order valence-electron chi connectivity index (χ1n) is 5.12. The van der Waals surface area contributed by atoms with Crippen LogP contribution in [0.2, 0.25) is 0 Å². The quantitative estimate of drug-likeness (QED) is 0.671. The molecule has 0 bridgehead atoms. The SMILES string of the molecule is CC(C)C1CC(C(=O)C=S(C)(C)=O)C1. The molecule has 1 aliphatic carbocycles. The van der Waals surface area contributed by atoms with Crippen LogP contribution in [0.15, 0.2) is 0 Å². The molecule has 0 saturated heterocycles. The molecule has 14 heavy (non-hydrogen) atoms. The van der Waals surface area contributed by atoms with Crippen molar-refractivity contribution >= 4 is 20.7 Å². The van der Waals surface area contributed by atoms with Crippen molar-refractivity contribution in [3.05, 3.63) is 0 Å². The van der Waals surface area contributed by atoms with Gasteiger partial charge >= 0.3 is 0 Å². The fourth-order valence-electron chi connectivity index (χ4n) is 1.81. The maximum atomic E-state index is 11.6. The number of hydrogen-bond acceptors (Lipinski definition) is 2. The first-order chi connectivity index (χ1) is 6.29. The predicted molar refractivity (Wildman–Crippen MR) is 62.1 cm³/mol. The number of rotatable bonds is 3. The van der Waals surface area contributed by atoms with Crippen LogP contribution in [0.3, 0.4) is 0 Å². The van der Waals surface area contributed by atoms with E-state index in [1.807, 2.05) is 0 Å². The summed E-state index contributed by atoms with van der Waals surface area (Å²) in [6.07, 6.45) is 5.21. The highest BCUT2D eigenvalue weighted by molar-refractivity contribution is 8.01. The van der Waals surface area contributed by atoms with Gasteiger partial charge in [-0.05, 0) is 34.2 Å². The van der Waals surface area contributed by atoms with Crippen LogP contribution in [0.1, 0.15) is 26.7 Å². The summed E-state index contributed by atoms with van der Waals surface area (Å²) in [6.45, 7) is 4.38. The average molecular weight is 216 g/mol. The molecule has 0 radical (unpaired) electrons. The van der Waals surface area contributed by atoms with Crippen molar-refractivity contribution in [2.45, 2.75) is 26.7 Å². The third-order valence-electron chi connectivity index (χ3n) is 2.92.